The predicted octanol–water partition coefficient (Wildman–Crippen LogP) is 1.44. The van der Waals surface area contributed by atoms with E-state index in [0.29, 0.717) is 17.8 Å². The Bertz CT molecular complexity index is 487. The maximum atomic E-state index is 12.8. The highest BCUT2D eigenvalue weighted by Gasteiger charge is 2.27. The van der Waals surface area contributed by atoms with E-state index in [-0.39, 0.29) is 18.6 Å². The van der Waals surface area contributed by atoms with Crippen LogP contribution in [-0.2, 0) is 0 Å². The molecule has 1 heterocycles. The van der Waals surface area contributed by atoms with E-state index < -0.39 is 0 Å². The molecule has 0 unspecified atom stereocenters. The maximum absolute atomic E-state index is 12.8. The van der Waals surface area contributed by atoms with Gasteiger partial charge in [-0.2, -0.15) is 0 Å². The van der Waals surface area contributed by atoms with Crippen LogP contribution in [0, 0.1) is 6.92 Å². The van der Waals surface area contributed by atoms with Gasteiger partial charge in [-0.05, 0) is 25.8 Å². The van der Waals surface area contributed by atoms with Crippen molar-refractivity contribution in [1.29, 1.82) is 0 Å². The summed E-state index contributed by atoms with van der Waals surface area (Å²) in [6.07, 6.45) is 7.04. The van der Waals surface area contributed by atoms with E-state index in [1.807, 2.05) is 6.92 Å². The molecule has 1 aliphatic rings. The molecule has 1 fully saturated rings. The Labute approximate surface area is 125 Å². The number of nitrogens with two attached hydrogens (primary N) is 1. The van der Waals surface area contributed by atoms with Crippen LogP contribution in [-0.4, -0.2) is 40.1 Å². The van der Waals surface area contributed by atoms with E-state index in [0.717, 1.165) is 31.4 Å². The van der Waals surface area contributed by atoms with Crippen LogP contribution in [0.5, 0.6) is 0 Å². The van der Waals surface area contributed by atoms with E-state index in [9.17, 15) is 9.90 Å². The lowest BCUT2D eigenvalue weighted by atomic mass is 9.93. The molecule has 1 aromatic rings. The average Bonchev–Trinajstić information content (AvgIpc) is 2.52. The molecule has 0 saturated heterocycles. The van der Waals surface area contributed by atoms with Crippen molar-refractivity contribution in [2.45, 2.75) is 45.1 Å². The van der Waals surface area contributed by atoms with Crippen LogP contribution < -0.4 is 11.3 Å². The van der Waals surface area contributed by atoms with Gasteiger partial charge in [-0.25, -0.2) is 0 Å². The number of nitrogen functional groups attached to an aromatic ring is 1. The van der Waals surface area contributed by atoms with E-state index in [1.165, 1.54) is 6.42 Å². The minimum absolute atomic E-state index is 0.0348. The standard InChI is InChI=1S/C15H24N4O2/c1-11-9-14(18-16)13(10-17-11)15(21)19(7-8-20)12-5-3-2-4-6-12/h9-10,12,20H,2-8,16H2,1H3,(H,17,18). The number of rotatable bonds is 5. The summed E-state index contributed by atoms with van der Waals surface area (Å²) in [6.45, 7) is 2.16. The number of aromatic nitrogens is 1. The summed E-state index contributed by atoms with van der Waals surface area (Å²) in [6, 6.07) is 1.95. The van der Waals surface area contributed by atoms with E-state index in [2.05, 4.69) is 10.4 Å². The molecule has 1 aromatic heterocycles. The fourth-order valence-electron chi connectivity index (χ4n) is 2.95. The first-order chi connectivity index (χ1) is 10.2. The third kappa shape index (κ3) is 3.71. The van der Waals surface area contributed by atoms with Crippen LogP contribution >= 0.6 is 0 Å². The van der Waals surface area contributed by atoms with Gasteiger partial charge in [0, 0.05) is 24.5 Å². The van der Waals surface area contributed by atoms with Crippen molar-refractivity contribution in [3.05, 3.63) is 23.5 Å². The van der Waals surface area contributed by atoms with Gasteiger partial charge < -0.3 is 15.4 Å². The number of aliphatic hydroxyl groups is 1. The summed E-state index contributed by atoms with van der Waals surface area (Å²) in [5.41, 5.74) is 4.40. The summed E-state index contributed by atoms with van der Waals surface area (Å²) < 4.78 is 0. The summed E-state index contributed by atoms with van der Waals surface area (Å²) in [4.78, 5) is 18.8. The molecule has 0 radical (unpaired) electrons. The van der Waals surface area contributed by atoms with Gasteiger partial charge in [0.15, 0.2) is 0 Å². The SMILES string of the molecule is Cc1cc(NN)c(C(=O)N(CCO)C2CCCCC2)cn1. The van der Waals surface area contributed by atoms with Crippen LogP contribution in [0.2, 0.25) is 0 Å². The fraction of sp³-hybridized carbons (Fsp3) is 0.600. The van der Waals surface area contributed by atoms with Crippen molar-refractivity contribution < 1.29 is 9.90 Å². The van der Waals surface area contributed by atoms with Crippen molar-refractivity contribution in [3.8, 4) is 0 Å². The van der Waals surface area contributed by atoms with Gasteiger partial charge in [-0.3, -0.25) is 15.6 Å². The summed E-state index contributed by atoms with van der Waals surface area (Å²) in [7, 11) is 0. The average molecular weight is 292 g/mol. The minimum Gasteiger partial charge on any atom is -0.395 e. The van der Waals surface area contributed by atoms with Crippen molar-refractivity contribution in [1.82, 2.24) is 9.88 Å². The van der Waals surface area contributed by atoms with Crippen LogP contribution in [0.3, 0.4) is 0 Å². The molecule has 116 valence electrons. The smallest absolute Gasteiger partial charge is 0.257 e. The number of amides is 1. The Kier molecular flexibility index (Phi) is 5.52. The molecule has 4 N–H and O–H groups in total. The molecule has 1 saturated carbocycles. The monoisotopic (exact) mass is 292 g/mol. The Morgan fingerprint density at radius 2 is 2.19 bits per heavy atom. The molecule has 0 spiro atoms. The number of carbonyl (C=O) groups is 1. The lowest BCUT2D eigenvalue weighted by Gasteiger charge is -2.34. The number of hydrazine groups is 1. The number of anilines is 1. The van der Waals surface area contributed by atoms with E-state index in [4.69, 9.17) is 5.84 Å². The van der Waals surface area contributed by atoms with Gasteiger partial charge in [-0.15, -0.1) is 0 Å². The fourth-order valence-corrected chi connectivity index (χ4v) is 2.95. The number of pyridine rings is 1. The number of aliphatic hydroxyl groups excluding tert-OH is 1. The summed E-state index contributed by atoms with van der Waals surface area (Å²) in [5.74, 6) is 5.40. The Hall–Kier alpha value is -1.66. The third-order valence-corrected chi connectivity index (χ3v) is 4.04. The highest BCUT2D eigenvalue weighted by atomic mass is 16.3. The highest BCUT2D eigenvalue weighted by molar-refractivity contribution is 5.99. The minimum atomic E-state index is -0.114. The first-order valence-corrected chi connectivity index (χ1v) is 7.52. The van der Waals surface area contributed by atoms with Crippen molar-refractivity contribution in [2.75, 3.05) is 18.6 Å². The zero-order chi connectivity index (χ0) is 15.2. The second kappa shape index (κ2) is 7.38. The van der Waals surface area contributed by atoms with Gasteiger partial charge in [0.25, 0.3) is 5.91 Å². The van der Waals surface area contributed by atoms with E-state index >= 15 is 0 Å². The number of hydrogen-bond donors (Lipinski definition) is 3. The third-order valence-electron chi connectivity index (χ3n) is 4.04. The number of aryl methyl sites for hydroxylation is 1. The van der Waals surface area contributed by atoms with Crippen molar-refractivity contribution in [3.63, 3.8) is 0 Å². The Balaban J connectivity index is 2.25. The molecule has 1 amide bonds. The molecule has 1 aliphatic carbocycles. The molecular weight excluding hydrogens is 268 g/mol. The van der Waals surface area contributed by atoms with E-state index in [1.54, 1.807) is 17.2 Å². The lowest BCUT2D eigenvalue weighted by molar-refractivity contribution is 0.0586. The van der Waals surface area contributed by atoms with Gasteiger partial charge in [0.1, 0.15) is 0 Å². The second-order valence-electron chi connectivity index (χ2n) is 5.53. The molecule has 2 rings (SSSR count). The Morgan fingerprint density at radius 3 is 2.81 bits per heavy atom. The zero-order valence-electron chi connectivity index (χ0n) is 12.5. The maximum Gasteiger partial charge on any atom is 0.257 e. The molecule has 0 atom stereocenters. The van der Waals surface area contributed by atoms with Crippen molar-refractivity contribution in [2.24, 2.45) is 5.84 Å². The van der Waals surface area contributed by atoms with Crippen molar-refractivity contribution >= 4 is 11.6 Å². The number of hydrogen-bond acceptors (Lipinski definition) is 5. The van der Waals surface area contributed by atoms with Crippen LogP contribution in [0.4, 0.5) is 5.69 Å². The first-order valence-electron chi connectivity index (χ1n) is 7.52. The molecule has 21 heavy (non-hydrogen) atoms. The molecule has 6 heteroatoms. The molecule has 0 aromatic carbocycles. The van der Waals surface area contributed by atoms with Gasteiger partial charge in [0.05, 0.1) is 17.9 Å². The number of carbonyl (C=O) groups excluding carboxylic acids is 1. The van der Waals surface area contributed by atoms with Crippen LogP contribution in [0.15, 0.2) is 12.3 Å². The first kappa shape index (κ1) is 15.7. The lowest BCUT2D eigenvalue weighted by Crippen LogP contribution is -2.43. The quantitative estimate of drug-likeness (QED) is 0.564. The molecular formula is C15H24N4O2. The molecule has 6 nitrogen and oxygen atoms in total. The predicted molar refractivity (Wildman–Crippen MR) is 81.8 cm³/mol. The molecule has 0 bridgehead atoms. The largest absolute Gasteiger partial charge is 0.395 e. The topological polar surface area (TPSA) is 91.5 Å². The summed E-state index contributed by atoms with van der Waals surface area (Å²) >= 11 is 0. The van der Waals surface area contributed by atoms with Gasteiger partial charge in [-0.1, -0.05) is 19.3 Å². The van der Waals surface area contributed by atoms with Gasteiger partial charge >= 0.3 is 0 Å². The van der Waals surface area contributed by atoms with Gasteiger partial charge in [0.2, 0.25) is 0 Å². The second-order valence-corrected chi connectivity index (χ2v) is 5.53. The molecule has 0 aliphatic heterocycles. The zero-order valence-corrected chi connectivity index (χ0v) is 12.5. The van der Waals surface area contributed by atoms with Crippen LogP contribution in [0.25, 0.3) is 0 Å². The number of nitrogens with one attached hydrogen (secondary N) is 1. The highest BCUT2D eigenvalue weighted by Crippen LogP contribution is 2.25. The Morgan fingerprint density at radius 1 is 1.48 bits per heavy atom. The van der Waals surface area contributed by atoms with Crippen LogP contribution in [0.1, 0.15) is 48.2 Å². The summed E-state index contributed by atoms with van der Waals surface area (Å²) in [5, 5.41) is 9.28. The normalized spacial score (nSPS) is 15.8. The number of nitrogens with zero attached hydrogens (tertiary/aromatic N) is 2.